The van der Waals surface area contributed by atoms with Gasteiger partial charge in [-0.1, -0.05) is 0 Å². The normalized spacial score (nSPS) is 10.8. The first-order valence-electron chi connectivity index (χ1n) is 4.13. The van der Waals surface area contributed by atoms with Gasteiger partial charge < -0.3 is 4.74 Å². The lowest BCUT2D eigenvalue weighted by Crippen LogP contribution is -1.99. The van der Waals surface area contributed by atoms with Gasteiger partial charge in [0.1, 0.15) is 0 Å². The van der Waals surface area contributed by atoms with E-state index < -0.39 is 0 Å². The van der Waals surface area contributed by atoms with Gasteiger partial charge in [0, 0.05) is 19.0 Å². The predicted molar refractivity (Wildman–Crippen MR) is 53.8 cm³/mol. The monoisotopic (exact) mass is 178 g/mol. The second-order valence-electron chi connectivity index (χ2n) is 2.89. The van der Waals surface area contributed by atoms with E-state index in [9.17, 15) is 0 Å². The zero-order valence-electron chi connectivity index (χ0n) is 8.46. The maximum absolute atomic E-state index is 5.16. The maximum Gasteiger partial charge on any atom is 0.222 e. The molecule has 0 N–H and O–H groups in total. The van der Waals surface area contributed by atoms with Gasteiger partial charge in [-0.15, -0.1) is 0 Å². The number of hydrogen-bond donors (Lipinski definition) is 0. The van der Waals surface area contributed by atoms with Crippen molar-refractivity contribution in [1.29, 1.82) is 0 Å². The van der Waals surface area contributed by atoms with Crippen LogP contribution in [0.5, 0.6) is 5.88 Å². The van der Waals surface area contributed by atoms with Crippen LogP contribution in [0.25, 0.3) is 0 Å². The smallest absolute Gasteiger partial charge is 0.222 e. The summed E-state index contributed by atoms with van der Waals surface area (Å²) in [5.41, 5.74) is 3.05. The third-order valence-corrected chi connectivity index (χ3v) is 1.81. The van der Waals surface area contributed by atoms with E-state index in [1.54, 1.807) is 20.4 Å². The number of aryl methyl sites for hydroxylation is 2. The summed E-state index contributed by atoms with van der Waals surface area (Å²) in [7, 11) is 3.35. The first kappa shape index (κ1) is 9.71. The number of nitrogens with zero attached hydrogens (tertiary/aromatic N) is 2. The van der Waals surface area contributed by atoms with Crippen LogP contribution in [-0.2, 0) is 0 Å². The molecule has 0 aliphatic heterocycles. The van der Waals surface area contributed by atoms with E-state index in [0.29, 0.717) is 5.88 Å². The van der Waals surface area contributed by atoms with E-state index in [1.165, 1.54) is 0 Å². The SMILES string of the molecule is CN=Cc1c(C)cc(C)nc1OC. The Morgan fingerprint density at radius 1 is 1.46 bits per heavy atom. The zero-order chi connectivity index (χ0) is 9.84. The highest BCUT2D eigenvalue weighted by Gasteiger charge is 2.05. The summed E-state index contributed by atoms with van der Waals surface area (Å²) in [6.07, 6.45) is 1.76. The lowest BCUT2D eigenvalue weighted by molar-refractivity contribution is 0.396. The molecular weight excluding hydrogens is 164 g/mol. The fraction of sp³-hybridized carbons (Fsp3) is 0.400. The van der Waals surface area contributed by atoms with E-state index >= 15 is 0 Å². The van der Waals surface area contributed by atoms with Crippen LogP contribution < -0.4 is 4.74 Å². The van der Waals surface area contributed by atoms with Crippen molar-refractivity contribution in [2.75, 3.05) is 14.2 Å². The van der Waals surface area contributed by atoms with Crippen molar-refractivity contribution in [3.05, 3.63) is 22.9 Å². The second-order valence-corrected chi connectivity index (χ2v) is 2.89. The Hall–Kier alpha value is -1.38. The number of ether oxygens (including phenoxy) is 1. The maximum atomic E-state index is 5.16. The first-order chi connectivity index (χ1) is 6.19. The minimum absolute atomic E-state index is 0.642. The van der Waals surface area contributed by atoms with Crippen molar-refractivity contribution in [3.8, 4) is 5.88 Å². The Morgan fingerprint density at radius 2 is 2.15 bits per heavy atom. The van der Waals surface area contributed by atoms with Gasteiger partial charge in [-0.25, -0.2) is 4.98 Å². The van der Waals surface area contributed by atoms with Crippen LogP contribution in [0.15, 0.2) is 11.1 Å². The summed E-state index contributed by atoms with van der Waals surface area (Å²) < 4.78 is 5.16. The van der Waals surface area contributed by atoms with Gasteiger partial charge in [0.2, 0.25) is 5.88 Å². The summed E-state index contributed by atoms with van der Waals surface area (Å²) in [6.45, 7) is 3.97. The Morgan fingerprint density at radius 3 is 2.69 bits per heavy atom. The summed E-state index contributed by atoms with van der Waals surface area (Å²) >= 11 is 0. The summed E-state index contributed by atoms with van der Waals surface area (Å²) in [6, 6.07) is 2.01. The Bertz CT molecular complexity index is 332. The molecule has 0 amide bonds. The van der Waals surface area contributed by atoms with Gasteiger partial charge in [0.05, 0.1) is 12.7 Å². The van der Waals surface area contributed by atoms with Crippen LogP contribution in [0.3, 0.4) is 0 Å². The topological polar surface area (TPSA) is 34.5 Å². The van der Waals surface area contributed by atoms with Gasteiger partial charge in [0.25, 0.3) is 0 Å². The molecule has 1 heterocycles. The number of hydrogen-bond acceptors (Lipinski definition) is 3. The molecule has 0 atom stereocenters. The van der Waals surface area contributed by atoms with Gasteiger partial charge in [0.15, 0.2) is 0 Å². The van der Waals surface area contributed by atoms with E-state index in [0.717, 1.165) is 16.8 Å². The molecule has 0 aliphatic carbocycles. The highest BCUT2D eigenvalue weighted by Crippen LogP contribution is 2.18. The molecule has 3 nitrogen and oxygen atoms in total. The minimum Gasteiger partial charge on any atom is -0.481 e. The van der Waals surface area contributed by atoms with Crippen LogP contribution in [0.2, 0.25) is 0 Å². The lowest BCUT2D eigenvalue weighted by atomic mass is 10.1. The van der Waals surface area contributed by atoms with Crippen molar-refractivity contribution < 1.29 is 4.74 Å². The third kappa shape index (κ3) is 2.05. The van der Waals surface area contributed by atoms with Crippen molar-refractivity contribution in [2.24, 2.45) is 4.99 Å². The quantitative estimate of drug-likeness (QED) is 0.647. The molecule has 1 rings (SSSR count). The van der Waals surface area contributed by atoms with Gasteiger partial charge in [-0.2, -0.15) is 0 Å². The van der Waals surface area contributed by atoms with E-state index in [2.05, 4.69) is 9.98 Å². The molecule has 0 unspecified atom stereocenters. The fourth-order valence-corrected chi connectivity index (χ4v) is 1.25. The average molecular weight is 178 g/mol. The number of pyridine rings is 1. The number of aromatic nitrogens is 1. The van der Waals surface area contributed by atoms with E-state index in [4.69, 9.17) is 4.74 Å². The van der Waals surface area contributed by atoms with Crippen molar-refractivity contribution in [2.45, 2.75) is 13.8 Å². The molecule has 3 heteroatoms. The average Bonchev–Trinajstić information content (AvgIpc) is 2.09. The molecule has 0 bridgehead atoms. The van der Waals surface area contributed by atoms with Gasteiger partial charge in [-0.3, -0.25) is 4.99 Å². The highest BCUT2D eigenvalue weighted by atomic mass is 16.5. The van der Waals surface area contributed by atoms with Crippen LogP contribution >= 0.6 is 0 Å². The number of rotatable bonds is 2. The third-order valence-electron chi connectivity index (χ3n) is 1.81. The lowest BCUT2D eigenvalue weighted by Gasteiger charge is -2.07. The second kappa shape index (κ2) is 4.03. The molecule has 0 fully saturated rings. The molecule has 0 saturated heterocycles. The number of aliphatic imine (C=N–C) groups is 1. The standard InChI is InChI=1S/C10H14N2O/c1-7-5-8(2)12-10(13-4)9(7)6-11-3/h5-6H,1-4H3. The van der Waals surface area contributed by atoms with Crippen LogP contribution in [0.1, 0.15) is 16.8 Å². The molecule has 70 valence electrons. The summed E-state index contributed by atoms with van der Waals surface area (Å²) in [5, 5.41) is 0. The molecule has 0 aromatic carbocycles. The number of methoxy groups -OCH3 is 1. The Kier molecular flexibility index (Phi) is 3.01. The van der Waals surface area contributed by atoms with Crippen molar-refractivity contribution in [3.63, 3.8) is 0 Å². The largest absolute Gasteiger partial charge is 0.481 e. The van der Waals surface area contributed by atoms with Crippen LogP contribution in [0, 0.1) is 13.8 Å². The summed E-state index contributed by atoms with van der Waals surface area (Å²) in [4.78, 5) is 8.22. The highest BCUT2D eigenvalue weighted by molar-refractivity contribution is 5.84. The van der Waals surface area contributed by atoms with Crippen LogP contribution in [-0.4, -0.2) is 25.4 Å². The molecule has 0 radical (unpaired) electrons. The molecule has 0 spiro atoms. The van der Waals surface area contributed by atoms with Crippen molar-refractivity contribution in [1.82, 2.24) is 4.98 Å². The minimum atomic E-state index is 0.642. The van der Waals surface area contributed by atoms with Gasteiger partial charge >= 0.3 is 0 Å². The van der Waals surface area contributed by atoms with E-state index in [1.807, 2.05) is 19.9 Å². The van der Waals surface area contributed by atoms with Crippen LogP contribution in [0.4, 0.5) is 0 Å². The molecular formula is C10H14N2O. The summed E-state index contributed by atoms with van der Waals surface area (Å²) in [5.74, 6) is 0.642. The predicted octanol–water partition coefficient (Wildman–Crippen LogP) is 1.76. The molecule has 0 saturated carbocycles. The first-order valence-corrected chi connectivity index (χ1v) is 4.13. The molecule has 1 aromatic heterocycles. The van der Waals surface area contributed by atoms with Crippen molar-refractivity contribution >= 4 is 6.21 Å². The molecule has 1 aromatic rings. The van der Waals surface area contributed by atoms with Gasteiger partial charge in [-0.05, 0) is 25.5 Å². The van der Waals surface area contributed by atoms with E-state index in [-0.39, 0.29) is 0 Å². The fourth-order valence-electron chi connectivity index (χ4n) is 1.25. The zero-order valence-corrected chi connectivity index (χ0v) is 8.46. The molecule has 0 aliphatic rings. The Labute approximate surface area is 78.5 Å². The molecule has 13 heavy (non-hydrogen) atoms. The Balaban J connectivity index is 3.29.